The van der Waals surface area contributed by atoms with Crippen molar-refractivity contribution in [3.8, 4) is 5.75 Å². The summed E-state index contributed by atoms with van der Waals surface area (Å²) in [7, 11) is 0. The van der Waals surface area contributed by atoms with Crippen molar-refractivity contribution in [2.75, 3.05) is 5.32 Å². The average Bonchev–Trinajstić information content (AvgIpc) is 2.66. The Morgan fingerprint density at radius 2 is 2.00 bits per heavy atom. The molecule has 6 nitrogen and oxygen atoms in total. The molecular formula is C19H16BrN3O3. The van der Waals surface area contributed by atoms with E-state index in [2.05, 4.69) is 26.2 Å². The lowest BCUT2D eigenvalue weighted by molar-refractivity contribution is -0.384. The van der Waals surface area contributed by atoms with E-state index in [4.69, 9.17) is 4.74 Å². The van der Waals surface area contributed by atoms with E-state index < -0.39 is 4.92 Å². The second kappa shape index (κ2) is 8.44. The number of rotatable bonds is 7. The van der Waals surface area contributed by atoms with Gasteiger partial charge in [-0.15, -0.1) is 0 Å². The number of pyridine rings is 1. The van der Waals surface area contributed by atoms with Gasteiger partial charge in [0.2, 0.25) is 0 Å². The fourth-order valence-electron chi connectivity index (χ4n) is 2.39. The first kappa shape index (κ1) is 17.9. The van der Waals surface area contributed by atoms with Crippen molar-refractivity contribution in [1.82, 2.24) is 4.98 Å². The lowest BCUT2D eigenvalue weighted by atomic mass is 10.2. The number of benzene rings is 2. The Bertz CT molecular complexity index is 904. The first-order chi connectivity index (χ1) is 12.6. The first-order valence-corrected chi connectivity index (χ1v) is 8.70. The number of nitro groups is 1. The highest BCUT2D eigenvalue weighted by atomic mass is 79.9. The van der Waals surface area contributed by atoms with Gasteiger partial charge in [0, 0.05) is 23.3 Å². The van der Waals surface area contributed by atoms with Gasteiger partial charge in [-0.3, -0.25) is 15.1 Å². The molecular weight excluding hydrogens is 398 g/mol. The van der Waals surface area contributed by atoms with Crippen molar-refractivity contribution >= 4 is 27.3 Å². The summed E-state index contributed by atoms with van der Waals surface area (Å²) >= 11 is 3.25. The van der Waals surface area contributed by atoms with Gasteiger partial charge in [0.1, 0.15) is 18.0 Å². The summed E-state index contributed by atoms with van der Waals surface area (Å²) in [6.07, 6.45) is 1.73. The van der Waals surface area contributed by atoms with E-state index in [1.165, 1.54) is 6.07 Å². The fraction of sp³-hybridized carbons (Fsp3) is 0.105. The molecule has 3 aromatic rings. The van der Waals surface area contributed by atoms with Crippen LogP contribution < -0.4 is 10.1 Å². The Kier molecular flexibility index (Phi) is 5.80. The number of anilines is 1. The van der Waals surface area contributed by atoms with E-state index in [0.717, 1.165) is 17.0 Å². The minimum atomic E-state index is -0.403. The van der Waals surface area contributed by atoms with Crippen LogP contribution in [0.2, 0.25) is 0 Å². The molecule has 7 heteroatoms. The van der Waals surface area contributed by atoms with Crippen LogP contribution in [0.1, 0.15) is 11.3 Å². The molecule has 0 unspecified atom stereocenters. The smallest absolute Gasteiger partial charge is 0.293 e. The zero-order valence-corrected chi connectivity index (χ0v) is 15.3. The Labute approximate surface area is 159 Å². The Morgan fingerprint density at radius 3 is 2.77 bits per heavy atom. The summed E-state index contributed by atoms with van der Waals surface area (Å²) in [5.41, 5.74) is 2.31. The van der Waals surface area contributed by atoms with Crippen LogP contribution in [0, 0.1) is 10.1 Å². The van der Waals surface area contributed by atoms with Crippen LogP contribution in [0.3, 0.4) is 0 Å². The molecule has 0 saturated carbocycles. The highest BCUT2D eigenvalue weighted by Crippen LogP contribution is 2.28. The number of nitro benzene ring substituents is 1. The van der Waals surface area contributed by atoms with Crippen molar-refractivity contribution in [3.05, 3.63) is 92.7 Å². The fourth-order valence-corrected chi connectivity index (χ4v) is 2.74. The molecule has 1 heterocycles. The molecule has 0 bridgehead atoms. The quantitative estimate of drug-likeness (QED) is 0.438. The molecule has 0 amide bonds. The standard InChI is InChI=1S/C19H16BrN3O3/c20-15-7-8-18(19(11-15)23(24)25)22-12-14-4-3-6-17(10-14)26-13-16-5-1-2-9-21-16/h1-11,22H,12-13H2. The molecule has 2 aromatic carbocycles. The molecule has 1 N–H and O–H groups in total. The Morgan fingerprint density at radius 1 is 1.12 bits per heavy atom. The average molecular weight is 414 g/mol. The zero-order valence-electron chi connectivity index (χ0n) is 13.8. The van der Waals surface area contributed by atoms with E-state index >= 15 is 0 Å². The monoisotopic (exact) mass is 413 g/mol. The number of aromatic nitrogens is 1. The van der Waals surface area contributed by atoms with Gasteiger partial charge >= 0.3 is 0 Å². The van der Waals surface area contributed by atoms with Crippen molar-refractivity contribution in [2.45, 2.75) is 13.2 Å². The molecule has 26 heavy (non-hydrogen) atoms. The predicted octanol–water partition coefficient (Wildman–Crippen LogP) is 4.94. The van der Waals surface area contributed by atoms with Gasteiger partial charge in [-0.05, 0) is 42.0 Å². The molecule has 0 spiro atoms. The van der Waals surface area contributed by atoms with E-state index in [0.29, 0.717) is 23.3 Å². The van der Waals surface area contributed by atoms with Crippen LogP contribution >= 0.6 is 15.9 Å². The second-order valence-electron chi connectivity index (χ2n) is 5.53. The van der Waals surface area contributed by atoms with E-state index in [1.807, 2.05) is 42.5 Å². The van der Waals surface area contributed by atoms with Crippen LogP contribution in [0.25, 0.3) is 0 Å². The van der Waals surface area contributed by atoms with Crippen molar-refractivity contribution in [3.63, 3.8) is 0 Å². The van der Waals surface area contributed by atoms with Crippen molar-refractivity contribution in [1.29, 1.82) is 0 Å². The molecule has 132 valence electrons. The van der Waals surface area contributed by atoms with E-state index in [-0.39, 0.29) is 5.69 Å². The normalized spacial score (nSPS) is 10.3. The first-order valence-electron chi connectivity index (χ1n) is 7.91. The summed E-state index contributed by atoms with van der Waals surface area (Å²) in [4.78, 5) is 15.0. The number of ether oxygens (including phenoxy) is 1. The van der Waals surface area contributed by atoms with Crippen LogP contribution in [0.15, 0.2) is 71.3 Å². The van der Waals surface area contributed by atoms with Crippen molar-refractivity contribution in [2.24, 2.45) is 0 Å². The second-order valence-corrected chi connectivity index (χ2v) is 6.44. The van der Waals surface area contributed by atoms with E-state index in [9.17, 15) is 10.1 Å². The number of nitrogens with zero attached hydrogens (tertiary/aromatic N) is 2. The van der Waals surface area contributed by atoms with Crippen LogP contribution in [0.4, 0.5) is 11.4 Å². The molecule has 0 atom stereocenters. The molecule has 0 radical (unpaired) electrons. The van der Waals surface area contributed by atoms with Gasteiger partial charge in [0.25, 0.3) is 5.69 Å². The lowest BCUT2D eigenvalue weighted by Gasteiger charge is -2.10. The third-order valence-electron chi connectivity index (χ3n) is 3.65. The van der Waals surface area contributed by atoms with Gasteiger partial charge in [-0.2, -0.15) is 0 Å². The zero-order chi connectivity index (χ0) is 18.4. The van der Waals surface area contributed by atoms with Crippen LogP contribution in [-0.2, 0) is 13.2 Å². The van der Waals surface area contributed by atoms with Gasteiger partial charge in [0.15, 0.2) is 0 Å². The number of hydrogen-bond donors (Lipinski definition) is 1. The SMILES string of the molecule is O=[N+]([O-])c1cc(Br)ccc1NCc1cccc(OCc2ccccn2)c1. The maximum Gasteiger partial charge on any atom is 0.293 e. The predicted molar refractivity (Wildman–Crippen MR) is 103 cm³/mol. The number of nitrogens with one attached hydrogen (secondary N) is 1. The van der Waals surface area contributed by atoms with Gasteiger partial charge < -0.3 is 10.1 Å². The third-order valence-corrected chi connectivity index (χ3v) is 4.14. The van der Waals surface area contributed by atoms with Gasteiger partial charge in [0.05, 0.1) is 10.6 Å². The van der Waals surface area contributed by atoms with Gasteiger partial charge in [-0.25, -0.2) is 0 Å². The lowest BCUT2D eigenvalue weighted by Crippen LogP contribution is -2.03. The molecule has 0 aliphatic carbocycles. The van der Waals surface area contributed by atoms with Crippen LogP contribution in [0.5, 0.6) is 5.75 Å². The van der Waals surface area contributed by atoms with Gasteiger partial charge in [-0.1, -0.05) is 34.1 Å². The molecule has 3 rings (SSSR count). The molecule has 0 saturated heterocycles. The molecule has 1 aromatic heterocycles. The Hall–Kier alpha value is -2.93. The minimum Gasteiger partial charge on any atom is -0.487 e. The van der Waals surface area contributed by atoms with Crippen molar-refractivity contribution < 1.29 is 9.66 Å². The Balaban J connectivity index is 1.65. The maximum atomic E-state index is 11.2. The summed E-state index contributed by atoms with van der Waals surface area (Å²) in [5.74, 6) is 0.722. The highest BCUT2D eigenvalue weighted by molar-refractivity contribution is 9.10. The molecule has 0 aliphatic rings. The summed E-state index contributed by atoms with van der Waals surface area (Å²) in [6, 6.07) is 18.2. The third kappa shape index (κ3) is 4.80. The maximum absolute atomic E-state index is 11.2. The highest BCUT2D eigenvalue weighted by Gasteiger charge is 2.13. The topological polar surface area (TPSA) is 77.3 Å². The van der Waals surface area contributed by atoms with Crippen LogP contribution in [-0.4, -0.2) is 9.91 Å². The number of hydrogen-bond acceptors (Lipinski definition) is 5. The number of halogens is 1. The summed E-state index contributed by atoms with van der Waals surface area (Å²) in [6.45, 7) is 0.833. The molecule has 0 aliphatic heterocycles. The molecule has 0 fully saturated rings. The largest absolute Gasteiger partial charge is 0.487 e. The minimum absolute atomic E-state index is 0.0296. The summed E-state index contributed by atoms with van der Waals surface area (Å²) < 4.78 is 6.42. The summed E-state index contributed by atoms with van der Waals surface area (Å²) in [5, 5.41) is 14.3. The van der Waals surface area contributed by atoms with E-state index in [1.54, 1.807) is 18.3 Å².